The van der Waals surface area contributed by atoms with Gasteiger partial charge in [-0.25, -0.2) is 0 Å². The summed E-state index contributed by atoms with van der Waals surface area (Å²) in [6, 6.07) is 24.2. The topological polar surface area (TPSA) is 81.1 Å². The molecule has 0 saturated carbocycles. The van der Waals surface area contributed by atoms with E-state index in [-0.39, 0.29) is 29.5 Å². The second-order valence-corrected chi connectivity index (χ2v) is 8.90. The maximum Gasteiger partial charge on any atom is 0.262 e. The normalized spacial score (nSPS) is 10.6. The van der Waals surface area contributed by atoms with E-state index in [0.29, 0.717) is 17.8 Å². The molecule has 0 saturated heterocycles. The Morgan fingerprint density at radius 1 is 0.824 bits per heavy atom. The first-order valence-corrected chi connectivity index (χ1v) is 11.6. The highest BCUT2D eigenvalue weighted by molar-refractivity contribution is 7.09. The van der Waals surface area contributed by atoms with E-state index >= 15 is 0 Å². The highest BCUT2D eigenvalue weighted by atomic mass is 32.1. The van der Waals surface area contributed by atoms with Crippen molar-refractivity contribution in [3.05, 3.63) is 112 Å². The maximum atomic E-state index is 13.4. The lowest BCUT2D eigenvalue weighted by molar-refractivity contribution is 0.0786. The molecule has 0 aliphatic carbocycles. The summed E-state index contributed by atoms with van der Waals surface area (Å²) in [6.07, 6.45) is 0. The Bertz CT molecular complexity index is 1270. The van der Waals surface area contributed by atoms with Crippen molar-refractivity contribution in [2.75, 3.05) is 11.9 Å². The summed E-state index contributed by atoms with van der Waals surface area (Å²) < 4.78 is 0. The van der Waals surface area contributed by atoms with E-state index in [1.165, 1.54) is 17.0 Å². The van der Waals surface area contributed by atoms with E-state index in [4.69, 9.17) is 0 Å². The molecule has 0 radical (unpaired) electrons. The third kappa shape index (κ3) is 5.27. The number of amides is 2. The number of carbonyl (C=O) groups is 2. The van der Waals surface area contributed by atoms with Crippen LogP contribution in [0.25, 0.3) is 0 Å². The van der Waals surface area contributed by atoms with Gasteiger partial charge in [0.15, 0.2) is 0 Å². The van der Waals surface area contributed by atoms with Gasteiger partial charge in [0, 0.05) is 29.2 Å². The lowest BCUT2D eigenvalue weighted by Crippen LogP contribution is -2.30. The van der Waals surface area contributed by atoms with Gasteiger partial charge in [-0.1, -0.05) is 36.4 Å². The van der Waals surface area contributed by atoms with Crippen LogP contribution in [-0.2, 0) is 13.1 Å². The molecule has 3 aromatic carbocycles. The minimum absolute atomic E-state index is 0.0737. The van der Waals surface area contributed by atoms with Gasteiger partial charge in [0.25, 0.3) is 11.8 Å². The first-order chi connectivity index (χ1) is 16.4. The van der Waals surface area contributed by atoms with Crippen LogP contribution in [-0.4, -0.2) is 34.0 Å². The fourth-order valence-corrected chi connectivity index (χ4v) is 4.36. The first-order valence-electron chi connectivity index (χ1n) is 10.7. The molecule has 0 aliphatic heterocycles. The standard InChI is InChI=1S/C27H24N2O4S/c1-28(18-23-8-5-15-34-23)26(32)20-9-11-21(12-10-20)29(17-19-6-3-2-4-7-19)27(33)24-14-13-22(30)16-25(24)31/h2-16,30-31H,17-18H2,1H3. The van der Waals surface area contributed by atoms with Crippen LogP contribution in [0, 0.1) is 0 Å². The molecule has 0 aliphatic rings. The number of benzene rings is 3. The molecule has 1 heterocycles. The average Bonchev–Trinajstić information content (AvgIpc) is 3.35. The first kappa shape index (κ1) is 23.1. The molecule has 172 valence electrons. The molecule has 1 aromatic heterocycles. The highest BCUT2D eigenvalue weighted by Gasteiger charge is 2.22. The quantitative estimate of drug-likeness (QED) is 0.384. The Morgan fingerprint density at radius 2 is 1.56 bits per heavy atom. The molecule has 0 fully saturated rings. The van der Waals surface area contributed by atoms with Crippen LogP contribution < -0.4 is 4.90 Å². The number of nitrogens with zero attached hydrogens (tertiary/aromatic N) is 2. The number of hydrogen-bond donors (Lipinski definition) is 2. The molecule has 4 rings (SSSR count). The average molecular weight is 473 g/mol. The molecular formula is C27H24N2O4S. The van der Waals surface area contributed by atoms with E-state index in [0.717, 1.165) is 16.5 Å². The van der Waals surface area contributed by atoms with E-state index in [1.54, 1.807) is 47.5 Å². The number of aromatic hydroxyl groups is 2. The van der Waals surface area contributed by atoms with Crippen LogP contribution in [0.15, 0.2) is 90.3 Å². The number of carbonyl (C=O) groups excluding carboxylic acids is 2. The van der Waals surface area contributed by atoms with Crippen molar-refractivity contribution in [2.45, 2.75) is 13.1 Å². The number of rotatable bonds is 7. The lowest BCUT2D eigenvalue weighted by atomic mass is 10.1. The summed E-state index contributed by atoms with van der Waals surface area (Å²) in [4.78, 5) is 30.6. The Morgan fingerprint density at radius 3 is 2.21 bits per heavy atom. The molecule has 6 nitrogen and oxygen atoms in total. The Balaban J connectivity index is 1.60. The van der Waals surface area contributed by atoms with E-state index in [9.17, 15) is 19.8 Å². The third-order valence-electron chi connectivity index (χ3n) is 5.39. The third-order valence-corrected chi connectivity index (χ3v) is 6.25. The van der Waals surface area contributed by atoms with Gasteiger partial charge in [0.05, 0.1) is 18.7 Å². The number of thiophene rings is 1. The number of phenols is 2. The molecular weight excluding hydrogens is 448 g/mol. The lowest BCUT2D eigenvalue weighted by Gasteiger charge is -2.24. The van der Waals surface area contributed by atoms with Gasteiger partial charge in [-0.15, -0.1) is 11.3 Å². The van der Waals surface area contributed by atoms with Gasteiger partial charge in [0.1, 0.15) is 11.5 Å². The largest absolute Gasteiger partial charge is 0.508 e. The zero-order valence-electron chi connectivity index (χ0n) is 18.6. The van der Waals surface area contributed by atoms with Gasteiger partial charge < -0.3 is 20.0 Å². The van der Waals surface area contributed by atoms with Crippen LogP contribution in [0.2, 0.25) is 0 Å². The van der Waals surface area contributed by atoms with Crippen molar-refractivity contribution < 1.29 is 19.8 Å². The van der Waals surface area contributed by atoms with Gasteiger partial charge in [-0.05, 0) is 53.4 Å². The monoisotopic (exact) mass is 472 g/mol. The minimum atomic E-state index is -0.421. The molecule has 4 aromatic rings. The molecule has 2 N–H and O–H groups in total. The molecule has 0 atom stereocenters. The van der Waals surface area contributed by atoms with Crippen LogP contribution in [0.4, 0.5) is 5.69 Å². The maximum absolute atomic E-state index is 13.4. The van der Waals surface area contributed by atoms with Crippen molar-refractivity contribution in [1.82, 2.24) is 4.90 Å². The molecule has 0 spiro atoms. The van der Waals surface area contributed by atoms with Gasteiger partial charge in [0.2, 0.25) is 0 Å². The molecule has 34 heavy (non-hydrogen) atoms. The molecule has 7 heteroatoms. The number of anilines is 1. The molecule has 0 bridgehead atoms. The summed E-state index contributed by atoms with van der Waals surface area (Å²) in [5, 5.41) is 21.8. The highest BCUT2D eigenvalue weighted by Crippen LogP contribution is 2.28. The van der Waals surface area contributed by atoms with Crippen molar-refractivity contribution in [2.24, 2.45) is 0 Å². The second kappa shape index (κ2) is 10.2. The van der Waals surface area contributed by atoms with Crippen LogP contribution in [0.3, 0.4) is 0 Å². The summed E-state index contributed by atoms with van der Waals surface area (Å²) in [5.41, 5.74) is 2.08. The predicted molar refractivity (Wildman–Crippen MR) is 133 cm³/mol. The SMILES string of the molecule is CN(Cc1cccs1)C(=O)c1ccc(N(Cc2ccccc2)C(=O)c2ccc(O)cc2O)cc1. The van der Waals surface area contributed by atoms with E-state index < -0.39 is 5.91 Å². The summed E-state index contributed by atoms with van der Waals surface area (Å²) >= 11 is 1.60. The Labute approximate surface area is 201 Å². The fraction of sp³-hybridized carbons (Fsp3) is 0.111. The van der Waals surface area contributed by atoms with Gasteiger partial charge in [-0.2, -0.15) is 0 Å². The number of hydrogen-bond acceptors (Lipinski definition) is 5. The van der Waals surface area contributed by atoms with Crippen LogP contribution in [0.1, 0.15) is 31.2 Å². The second-order valence-electron chi connectivity index (χ2n) is 7.87. The summed E-state index contributed by atoms with van der Waals surface area (Å²) in [6.45, 7) is 0.794. The zero-order valence-corrected chi connectivity index (χ0v) is 19.4. The van der Waals surface area contributed by atoms with Crippen molar-refractivity contribution in [1.29, 1.82) is 0 Å². The number of phenolic OH excluding ortho intramolecular Hbond substituents is 2. The van der Waals surface area contributed by atoms with Gasteiger partial charge >= 0.3 is 0 Å². The Kier molecular flexibility index (Phi) is 6.94. The molecule has 0 unspecified atom stereocenters. The van der Waals surface area contributed by atoms with E-state index in [2.05, 4.69) is 0 Å². The summed E-state index contributed by atoms with van der Waals surface area (Å²) in [5.74, 6) is -0.962. The van der Waals surface area contributed by atoms with Gasteiger partial charge in [-0.3, -0.25) is 9.59 Å². The molecule has 2 amide bonds. The van der Waals surface area contributed by atoms with Crippen molar-refractivity contribution in [3.63, 3.8) is 0 Å². The summed E-state index contributed by atoms with van der Waals surface area (Å²) in [7, 11) is 1.76. The van der Waals surface area contributed by atoms with Crippen LogP contribution >= 0.6 is 11.3 Å². The van der Waals surface area contributed by atoms with Crippen molar-refractivity contribution >= 4 is 28.8 Å². The van der Waals surface area contributed by atoms with Crippen LogP contribution in [0.5, 0.6) is 11.5 Å². The van der Waals surface area contributed by atoms with E-state index in [1.807, 2.05) is 47.8 Å². The zero-order chi connectivity index (χ0) is 24.1. The Hall–Kier alpha value is -4.10. The van der Waals surface area contributed by atoms with Crippen molar-refractivity contribution in [3.8, 4) is 11.5 Å². The minimum Gasteiger partial charge on any atom is -0.508 e. The smallest absolute Gasteiger partial charge is 0.262 e. The predicted octanol–water partition coefficient (Wildman–Crippen LogP) is 5.28. The fourth-order valence-electron chi connectivity index (χ4n) is 3.61.